The van der Waals surface area contributed by atoms with Gasteiger partial charge in [0, 0.05) is 37.2 Å². The molecule has 71 heavy (non-hydrogen) atoms. The van der Waals surface area contributed by atoms with Gasteiger partial charge in [0.2, 0.25) is 13.4 Å². The molecule has 0 radical (unpaired) electrons. The summed E-state index contributed by atoms with van der Waals surface area (Å²) in [4.78, 5) is 2.67. The van der Waals surface area contributed by atoms with Gasteiger partial charge in [0.25, 0.3) is 0 Å². The van der Waals surface area contributed by atoms with E-state index in [0.717, 1.165) is 0 Å². The molecule has 0 atom stereocenters. The number of nitrogens with zero attached hydrogens (tertiary/aromatic N) is 1. The van der Waals surface area contributed by atoms with Crippen molar-refractivity contribution in [2.75, 3.05) is 4.90 Å². The van der Waals surface area contributed by atoms with Crippen LogP contribution in [0.5, 0.6) is 0 Å². The lowest BCUT2D eigenvalue weighted by molar-refractivity contribution is 1.30. The van der Waals surface area contributed by atoms with E-state index in [9.17, 15) is 0 Å². The number of aryl methyl sites for hydroxylation is 6. The van der Waals surface area contributed by atoms with Crippen LogP contribution in [0.25, 0.3) is 31.3 Å². The Balaban J connectivity index is 1.19. The van der Waals surface area contributed by atoms with Crippen LogP contribution >= 0.6 is 11.3 Å². The average molecular weight is 942 g/mol. The molecule has 11 aromatic rings. The largest absolute Gasteiger partial charge is 0.313 e. The zero-order valence-electron chi connectivity index (χ0n) is 41.2. The van der Waals surface area contributed by atoms with Crippen LogP contribution in [0, 0.1) is 41.5 Å². The van der Waals surface area contributed by atoms with Gasteiger partial charge in [-0.3, -0.25) is 0 Å². The number of thiophene rings is 1. The molecule has 0 spiro atoms. The van der Waals surface area contributed by atoms with Crippen LogP contribution in [-0.2, 0) is 0 Å². The maximum atomic E-state index is 2.67. The molecular formula is C66H53B2NSSi. The maximum Gasteiger partial charge on any atom is 0.247 e. The fraction of sp³-hybridized carbons (Fsp3) is 0.0909. The Labute approximate surface area is 424 Å². The van der Waals surface area contributed by atoms with E-state index in [4.69, 9.17) is 0 Å². The number of benzene rings is 10. The molecule has 0 saturated heterocycles. The Morgan fingerprint density at radius 1 is 0.380 bits per heavy atom. The average Bonchev–Trinajstić information content (AvgIpc) is 3.77. The number of para-hydroxylation sites is 1. The van der Waals surface area contributed by atoms with Crippen molar-refractivity contribution in [2.24, 2.45) is 0 Å². The first-order valence-corrected chi connectivity index (χ1v) is 28.0. The lowest BCUT2D eigenvalue weighted by Crippen LogP contribution is -2.75. The first-order chi connectivity index (χ1) is 34.7. The lowest BCUT2D eigenvalue weighted by Gasteiger charge is -2.45. The monoisotopic (exact) mass is 941 g/mol. The SMILES string of the molecule is Cc1cc(C)c(B2c3ccccc3N3c4ccc([Si](c5ccccc5)(c5ccccc5)c5ccccc5)cc4B(c4c(C)cc(C)cc4C)c4cc(-c5cccc6c5sc5ccccc56)cc2c43)c(C)c1. The molecule has 2 aliphatic heterocycles. The molecule has 0 saturated carbocycles. The van der Waals surface area contributed by atoms with Crippen LogP contribution in [0.3, 0.4) is 0 Å². The van der Waals surface area contributed by atoms with E-state index in [-0.39, 0.29) is 13.4 Å². The number of rotatable bonds is 7. The lowest BCUT2D eigenvalue weighted by atomic mass is 9.29. The highest BCUT2D eigenvalue weighted by atomic mass is 32.1. The summed E-state index contributed by atoms with van der Waals surface area (Å²) < 4.78 is 2.67. The summed E-state index contributed by atoms with van der Waals surface area (Å²) in [7, 11) is -2.92. The van der Waals surface area contributed by atoms with Crippen LogP contribution in [-0.4, -0.2) is 21.5 Å². The third kappa shape index (κ3) is 6.67. The van der Waals surface area contributed by atoms with Crippen LogP contribution in [0.15, 0.2) is 212 Å². The molecule has 0 bridgehead atoms. The van der Waals surface area contributed by atoms with Gasteiger partial charge in [0.1, 0.15) is 0 Å². The summed E-state index contributed by atoms with van der Waals surface area (Å²) in [5.74, 6) is 0. The third-order valence-corrected chi connectivity index (χ3v) is 21.9. The van der Waals surface area contributed by atoms with Crippen LogP contribution < -0.4 is 58.4 Å². The van der Waals surface area contributed by atoms with E-state index >= 15 is 0 Å². The van der Waals surface area contributed by atoms with Gasteiger partial charge >= 0.3 is 0 Å². The quantitative estimate of drug-likeness (QED) is 0.114. The fourth-order valence-corrected chi connectivity index (χ4v) is 19.4. The Hall–Kier alpha value is -7.43. The van der Waals surface area contributed by atoms with E-state index in [1.165, 1.54) is 135 Å². The molecule has 1 aromatic heterocycles. The minimum atomic E-state index is -2.92. The summed E-state index contributed by atoms with van der Waals surface area (Å²) in [6.07, 6.45) is 0. The standard InChI is InChI=1S/C66H53B2NSSi/c1-42-35-44(3)63(45(4)36-42)67-56-30-17-18-31-60(56)69-61-34-33-52(71(49-21-10-7-11-22-49,50-23-12-8-13-24-50)51-25-14-9-15-26-51)41-57(61)68(64-46(5)37-43(2)38-47(64)6)59-40-48(39-58(67)65(59)69)53-28-20-29-55-54-27-16-19-32-62(54)70-66(53)55/h7-41H,1-6H3. The smallest absolute Gasteiger partial charge is 0.247 e. The van der Waals surface area contributed by atoms with E-state index in [2.05, 4.69) is 259 Å². The molecule has 338 valence electrons. The second-order valence-corrected chi connectivity index (χ2v) is 25.2. The molecule has 2 aliphatic rings. The number of fused-ring (bicyclic) bond motifs is 7. The summed E-state index contributed by atoms with van der Waals surface area (Å²) in [5.41, 5.74) is 22.6. The zero-order valence-corrected chi connectivity index (χ0v) is 43.0. The van der Waals surface area contributed by atoms with Crippen molar-refractivity contribution in [1.82, 2.24) is 0 Å². The highest BCUT2D eigenvalue weighted by Crippen LogP contribution is 2.43. The number of anilines is 3. The van der Waals surface area contributed by atoms with Gasteiger partial charge in [-0.05, 0) is 113 Å². The van der Waals surface area contributed by atoms with Gasteiger partial charge in [-0.25, -0.2) is 0 Å². The molecular weight excluding hydrogens is 889 g/mol. The molecule has 0 aliphatic carbocycles. The molecule has 0 unspecified atom stereocenters. The van der Waals surface area contributed by atoms with E-state index in [1.807, 2.05) is 11.3 Å². The van der Waals surface area contributed by atoms with Crippen molar-refractivity contribution in [3.63, 3.8) is 0 Å². The highest BCUT2D eigenvalue weighted by Gasteiger charge is 2.47. The molecule has 1 nitrogen and oxygen atoms in total. The van der Waals surface area contributed by atoms with E-state index < -0.39 is 8.07 Å². The predicted molar refractivity (Wildman–Crippen MR) is 314 cm³/mol. The summed E-state index contributed by atoms with van der Waals surface area (Å²) >= 11 is 1.93. The molecule has 0 amide bonds. The van der Waals surface area contributed by atoms with Crippen molar-refractivity contribution in [3.8, 4) is 11.1 Å². The second kappa shape index (κ2) is 16.9. The first-order valence-electron chi connectivity index (χ1n) is 25.1. The summed E-state index contributed by atoms with van der Waals surface area (Å²) in [6, 6.07) is 81.9. The minimum Gasteiger partial charge on any atom is -0.313 e. The topological polar surface area (TPSA) is 3.24 Å². The molecule has 5 heteroatoms. The Morgan fingerprint density at radius 3 is 1.44 bits per heavy atom. The molecule has 3 heterocycles. The Kier molecular flexibility index (Phi) is 10.4. The molecule has 10 aromatic carbocycles. The Bertz CT molecular complexity index is 3780. The van der Waals surface area contributed by atoms with Crippen molar-refractivity contribution < 1.29 is 0 Å². The van der Waals surface area contributed by atoms with Crippen LogP contribution in [0.2, 0.25) is 0 Å². The number of hydrogen-bond donors (Lipinski definition) is 0. The van der Waals surface area contributed by atoms with Gasteiger partial charge < -0.3 is 4.90 Å². The maximum absolute atomic E-state index is 2.92. The second-order valence-electron chi connectivity index (χ2n) is 20.3. The molecule has 13 rings (SSSR count). The molecule has 0 fully saturated rings. The van der Waals surface area contributed by atoms with Crippen LogP contribution in [0.4, 0.5) is 17.1 Å². The van der Waals surface area contributed by atoms with Crippen molar-refractivity contribution in [2.45, 2.75) is 41.5 Å². The van der Waals surface area contributed by atoms with Gasteiger partial charge in [0.15, 0.2) is 8.07 Å². The van der Waals surface area contributed by atoms with E-state index in [0.29, 0.717) is 0 Å². The fourth-order valence-electron chi connectivity index (χ4n) is 13.4. The van der Waals surface area contributed by atoms with Crippen LogP contribution in [0.1, 0.15) is 33.4 Å². The van der Waals surface area contributed by atoms with Gasteiger partial charge in [-0.2, -0.15) is 0 Å². The van der Waals surface area contributed by atoms with E-state index in [1.54, 1.807) is 0 Å². The normalized spacial score (nSPS) is 12.8. The molecule has 0 N–H and O–H groups in total. The third-order valence-electron chi connectivity index (χ3n) is 15.9. The number of hydrogen-bond acceptors (Lipinski definition) is 2. The predicted octanol–water partition coefficient (Wildman–Crippen LogP) is 10.1. The first kappa shape index (κ1) is 43.6. The summed E-state index contributed by atoms with van der Waals surface area (Å²) in [5, 5.41) is 8.17. The Morgan fingerprint density at radius 2 is 0.859 bits per heavy atom. The van der Waals surface area contributed by atoms with Gasteiger partial charge in [0.05, 0.1) is 0 Å². The summed E-state index contributed by atoms with van der Waals surface area (Å²) in [6.45, 7) is 13.8. The minimum absolute atomic E-state index is 0.0225. The zero-order chi connectivity index (χ0) is 48.1. The van der Waals surface area contributed by atoms with Gasteiger partial charge in [-0.1, -0.05) is 238 Å². The van der Waals surface area contributed by atoms with Crippen molar-refractivity contribution >= 4 is 124 Å². The van der Waals surface area contributed by atoms with Crippen molar-refractivity contribution in [3.05, 3.63) is 246 Å². The highest BCUT2D eigenvalue weighted by molar-refractivity contribution is 7.26. The van der Waals surface area contributed by atoms with Crippen molar-refractivity contribution in [1.29, 1.82) is 0 Å². The van der Waals surface area contributed by atoms with Gasteiger partial charge in [-0.15, -0.1) is 11.3 Å².